The van der Waals surface area contributed by atoms with Crippen LogP contribution in [-0.2, 0) is 21.9 Å². The van der Waals surface area contributed by atoms with E-state index in [9.17, 15) is 45.5 Å². The number of carboxylic acid groups (broad SMARTS) is 2. The maximum atomic E-state index is 12.8. The summed E-state index contributed by atoms with van der Waals surface area (Å²) in [5, 5.41) is 29.0. The molecular formula is C52H54F6N8O6. The van der Waals surface area contributed by atoms with E-state index in [2.05, 4.69) is 68.9 Å². The molecule has 0 aliphatic rings. The van der Waals surface area contributed by atoms with Crippen LogP contribution in [-0.4, -0.2) is 67.0 Å². The van der Waals surface area contributed by atoms with Crippen molar-refractivity contribution in [3.8, 4) is 22.3 Å². The van der Waals surface area contributed by atoms with Gasteiger partial charge in [0.1, 0.15) is 0 Å². The first-order chi connectivity index (χ1) is 34.0. The second-order valence-corrected chi connectivity index (χ2v) is 17.4. The number of carboxylic acids is 2. The quantitative estimate of drug-likeness (QED) is 0.0395. The standard InChI is InChI=1S/2C26H27F3N4O3/c2*1-16(2)13-22(33-21-14-31-24(32-15-21)25(36)30-12-11-23(34)35)19-5-3-17(4-6-19)18-7-9-20(10-8-18)26(27,28)29/h2*3-10,14-16,22,33H,11-13H2,1-2H3,(H,30,36)(H,34,35)/t2*22-/m10/s1. The number of carbonyl (C=O) groups excluding carboxylic acids is 2. The van der Waals surface area contributed by atoms with Crippen LogP contribution in [0.25, 0.3) is 22.3 Å². The van der Waals surface area contributed by atoms with Gasteiger partial charge in [-0.3, -0.25) is 19.2 Å². The van der Waals surface area contributed by atoms with E-state index in [4.69, 9.17) is 10.2 Å². The Bertz CT molecular complexity index is 2510. The SMILES string of the molecule is CC(C)C[C@@H](Nc1cnc(C(=O)NCCC(=O)O)nc1)c1ccc(-c2ccc(C(F)(F)F)cc2)cc1.CC(C)C[C@H](Nc1cnc(C(=O)NCCC(=O)O)nc1)c1ccc(-c2ccc(C(F)(F)F)cc2)cc1. The lowest BCUT2D eigenvalue weighted by molar-refractivity contribution is -0.138. The lowest BCUT2D eigenvalue weighted by Crippen LogP contribution is -2.27. The summed E-state index contributed by atoms with van der Waals surface area (Å²) in [5.74, 6) is -2.55. The molecule has 2 aromatic heterocycles. The van der Waals surface area contributed by atoms with Crippen LogP contribution < -0.4 is 21.3 Å². The fourth-order valence-corrected chi connectivity index (χ4v) is 7.18. The Balaban J connectivity index is 0.000000267. The Morgan fingerprint density at radius 3 is 1.00 bits per heavy atom. The van der Waals surface area contributed by atoms with Crippen molar-refractivity contribution in [3.05, 3.63) is 156 Å². The molecule has 0 unspecified atom stereocenters. The molecule has 0 bridgehead atoms. The number of hydrogen-bond donors (Lipinski definition) is 6. The fraction of sp³-hybridized carbons (Fsp3) is 0.308. The largest absolute Gasteiger partial charge is 0.481 e. The van der Waals surface area contributed by atoms with Gasteiger partial charge in [0.05, 0.1) is 72.2 Å². The molecule has 6 aromatic rings. The van der Waals surface area contributed by atoms with Crippen LogP contribution in [0, 0.1) is 11.8 Å². The van der Waals surface area contributed by atoms with Crippen LogP contribution in [0.4, 0.5) is 37.7 Å². The summed E-state index contributed by atoms with van der Waals surface area (Å²) in [5.41, 5.74) is 4.79. The lowest BCUT2D eigenvalue weighted by atomic mass is 9.94. The van der Waals surface area contributed by atoms with Gasteiger partial charge in [0.25, 0.3) is 11.8 Å². The van der Waals surface area contributed by atoms with E-state index in [1.54, 1.807) is 0 Å². The maximum absolute atomic E-state index is 12.8. The number of anilines is 2. The minimum Gasteiger partial charge on any atom is -0.481 e. The second-order valence-electron chi connectivity index (χ2n) is 17.4. The Labute approximate surface area is 411 Å². The topological polar surface area (TPSA) is 208 Å². The van der Waals surface area contributed by atoms with Gasteiger partial charge in [0.2, 0.25) is 11.6 Å². The zero-order valence-electron chi connectivity index (χ0n) is 39.7. The van der Waals surface area contributed by atoms with Gasteiger partial charge in [0.15, 0.2) is 0 Å². The van der Waals surface area contributed by atoms with Crippen LogP contribution in [0.1, 0.15) is 109 Å². The van der Waals surface area contributed by atoms with Crippen molar-refractivity contribution in [2.24, 2.45) is 11.8 Å². The number of hydrogen-bond acceptors (Lipinski definition) is 10. The normalized spacial score (nSPS) is 12.3. The van der Waals surface area contributed by atoms with Crippen molar-refractivity contribution in [1.82, 2.24) is 30.6 Å². The van der Waals surface area contributed by atoms with Gasteiger partial charge in [0, 0.05) is 13.1 Å². The zero-order chi connectivity index (χ0) is 52.6. The van der Waals surface area contributed by atoms with Crippen molar-refractivity contribution in [1.29, 1.82) is 0 Å². The molecule has 14 nitrogen and oxygen atoms in total. The second kappa shape index (κ2) is 25.3. The first-order valence-corrected chi connectivity index (χ1v) is 22.8. The number of amides is 2. The zero-order valence-corrected chi connectivity index (χ0v) is 39.7. The van der Waals surface area contributed by atoms with E-state index >= 15 is 0 Å². The highest BCUT2D eigenvalue weighted by Crippen LogP contribution is 2.34. The molecule has 6 rings (SSSR count). The molecule has 2 amide bonds. The molecule has 0 radical (unpaired) electrons. The fourth-order valence-electron chi connectivity index (χ4n) is 7.18. The average molecular weight is 1000 g/mol. The van der Waals surface area contributed by atoms with Gasteiger partial charge < -0.3 is 31.5 Å². The van der Waals surface area contributed by atoms with Gasteiger partial charge >= 0.3 is 24.3 Å². The maximum Gasteiger partial charge on any atom is 0.416 e. The molecule has 72 heavy (non-hydrogen) atoms. The highest BCUT2D eigenvalue weighted by atomic mass is 19.4. The number of benzene rings is 4. The third kappa shape index (κ3) is 17.2. The molecule has 0 aliphatic carbocycles. The summed E-state index contributed by atoms with van der Waals surface area (Å²) in [6.07, 6.45) is -1.60. The molecule has 0 saturated carbocycles. The summed E-state index contributed by atoms with van der Waals surface area (Å²) in [6.45, 7) is 8.32. The number of aliphatic carboxylic acids is 2. The number of nitrogens with zero attached hydrogens (tertiary/aromatic N) is 4. The van der Waals surface area contributed by atoms with Gasteiger partial charge in [-0.15, -0.1) is 0 Å². The third-order valence-corrected chi connectivity index (χ3v) is 10.8. The Morgan fingerprint density at radius 2 is 0.750 bits per heavy atom. The van der Waals surface area contributed by atoms with Gasteiger partial charge in [-0.25, -0.2) is 19.9 Å². The van der Waals surface area contributed by atoms with Crippen LogP contribution in [0.2, 0.25) is 0 Å². The Kier molecular flexibility index (Phi) is 19.3. The van der Waals surface area contributed by atoms with Gasteiger partial charge in [-0.1, -0.05) is 100 Å². The van der Waals surface area contributed by atoms with Crippen molar-refractivity contribution in [2.45, 2.75) is 77.8 Å². The van der Waals surface area contributed by atoms with Crippen molar-refractivity contribution in [2.75, 3.05) is 23.7 Å². The van der Waals surface area contributed by atoms with E-state index in [1.807, 2.05) is 48.5 Å². The predicted octanol–water partition coefficient (Wildman–Crippen LogP) is 11.1. The first-order valence-electron chi connectivity index (χ1n) is 22.8. The minimum absolute atomic E-state index is 0.0174. The number of rotatable bonds is 20. The van der Waals surface area contributed by atoms with E-state index in [1.165, 1.54) is 49.1 Å². The van der Waals surface area contributed by atoms with E-state index in [-0.39, 0.29) is 49.7 Å². The number of aromatic nitrogens is 4. The molecular weight excluding hydrogens is 947 g/mol. The van der Waals surface area contributed by atoms with Gasteiger partial charge in [-0.05, 0) is 82.3 Å². The van der Waals surface area contributed by atoms with Crippen LogP contribution >= 0.6 is 0 Å². The number of nitrogens with one attached hydrogen (secondary N) is 4. The summed E-state index contributed by atoms with van der Waals surface area (Å²) >= 11 is 0. The molecule has 0 spiro atoms. The molecule has 0 fully saturated rings. The van der Waals surface area contributed by atoms with E-state index in [0.717, 1.165) is 59.4 Å². The van der Waals surface area contributed by atoms with Crippen molar-refractivity contribution < 1.29 is 55.7 Å². The molecule has 380 valence electrons. The molecule has 2 atom stereocenters. The number of halogens is 6. The molecule has 6 N–H and O–H groups in total. The Hall–Kier alpha value is -7.90. The average Bonchev–Trinajstić information content (AvgIpc) is 3.33. The molecule has 2 heterocycles. The highest BCUT2D eigenvalue weighted by Gasteiger charge is 2.31. The summed E-state index contributed by atoms with van der Waals surface area (Å²) in [6, 6.07) is 25.1. The molecule has 0 aliphatic heterocycles. The third-order valence-electron chi connectivity index (χ3n) is 10.8. The van der Waals surface area contributed by atoms with E-state index < -0.39 is 47.2 Å². The number of carbonyl (C=O) groups is 4. The smallest absolute Gasteiger partial charge is 0.416 e. The monoisotopic (exact) mass is 1000 g/mol. The summed E-state index contributed by atoms with van der Waals surface area (Å²) < 4.78 is 77.0. The van der Waals surface area contributed by atoms with Gasteiger partial charge in [-0.2, -0.15) is 26.3 Å². The molecule has 0 saturated heterocycles. The van der Waals surface area contributed by atoms with Crippen LogP contribution in [0.3, 0.4) is 0 Å². The predicted molar refractivity (Wildman–Crippen MR) is 259 cm³/mol. The molecule has 20 heteroatoms. The lowest BCUT2D eigenvalue weighted by Gasteiger charge is -2.22. The molecule has 4 aromatic carbocycles. The number of alkyl halides is 6. The van der Waals surface area contributed by atoms with Crippen molar-refractivity contribution in [3.63, 3.8) is 0 Å². The first kappa shape index (κ1) is 55.0. The summed E-state index contributed by atoms with van der Waals surface area (Å²) in [4.78, 5) is 61.5. The van der Waals surface area contributed by atoms with Crippen molar-refractivity contribution >= 4 is 35.1 Å². The van der Waals surface area contributed by atoms with Crippen LogP contribution in [0.15, 0.2) is 122 Å². The van der Waals surface area contributed by atoms with E-state index in [0.29, 0.717) is 34.3 Å². The summed E-state index contributed by atoms with van der Waals surface area (Å²) in [7, 11) is 0. The van der Waals surface area contributed by atoms with Crippen LogP contribution in [0.5, 0.6) is 0 Å². The minimum atomic E-state index is -4.37. The highest BCUT2D eigenvalue weighted by molar-refractivity contribution is 5.91. The Morgan fingerprint density at radius 1 is 0.472 bits per heavy atom.